The molecule has 1 heterocycles. The molecule has 0 fully saturated rings. The number of nitrogens with zero attached hydrogens (tertiary/aromatic N) is 1. The van der Waals surface area contributed by atoms with E-state index in [0.717, 1.165) is 56.9 Å². The largest absolute Gasteiger partial charge is 0.491 e. The number of nitrogen functional groups attached to an aromatic ring is 1. The predicted molar refractivity (Wildman–Crippen MR) is 95.8 cm³/mol. The van der Waals surface area contributed by atoms with Crippen molar-refractivity contribution >= 4 is 5.69 Å². The molecule has 3 rings (SSSR count). The molecule has 2 aromatic carbocycles. The van der Waals surface area contributed by atoms with E-state index in [0.29, 0.717) is 0 Å². The van der Waals surface area contributed by atoms with Gasteiger partial charge >= 0.3 is 0 Å². The molecule has 3 nitrogen and oxygen atoms in total. The van der Waals surface area contributed by atoms with Gasteiger partial charge in [-0.15, -0.1) is 0 Å². The average molecular weight is 310 g/mol. The Morgan fingerprint density at radius 1 is 1.13 bits per heavy atom. The van der Waals surface area contributed by atoms with Crippen molar-refractivity contribution in [3.63, 3.8) is 0 Å². The van der Waals surface area contributed by atoms with Crippen LogP contribution in [0.15, 0.2) is 42.5 Å². The minimum Gasteiger partial charge on any atom is -0.491 e. The summed E-state index contributed by atoms with van der Waals surface area (Å²) in [6, 6.07) is 15.0. The van der Waals surface area contributed by atoms with Crippen LogP contribution in [0.4, 0.5) is 5.69 Å². The summed E-state index contributed by atoms with van der Waals surface area (Å²) >= 11 is 0. The van der Waals surface area contributed by atoms with E-state index >= 15 is 0 Å². The van der Waals surface area contributed by atoms with Gasteiger partial charge in [-0.1, -0.05) is 37.3 Å². The summed E-state index contributed by atoms with van der Waals surface area (Å²) in [7, 11) is 0. The van der Waals surface area contributed by atoms with Crippen LogP contribution in [-0.4, -0.2) is 24.6 Å². The van der Waals surface area contributed by atoms with Gasteiger partial charge in [-0.25, -0.2) is 0 Å². The molecule has 3 heteroatoms. The van der Waals surface area contributed by atoms with Crippen LogP contribution in [0.1, 0.15) is 30.0 Å². The van der Waals surface area contributed by atoms with Crippen LogP contribution in [0.5, 0.6) is 5.75 Å². The minimum absolute atomic E-state index is 0.719. The molecule has 2 N–H and O–H groups in total. The highest BCUT2D eigenvalue weighted by Gasteiger charge is 2.15. The molecule has 0 aliphatic carbocycles. The predicted octanol–water partition coefficient (Wildman–Crippen LogP) is 3.66. The van der Waals surface area contributed by atoms with E-state index in [1.165, 1.54) is 16.7 Å². The maximum atomic E-state index is 6.10. The van der Waals surface area contributed by atoms with Crippen LogP contribution in [-0.2, 0) is 19.4 Å². The number of rotatable bonds is 6. The number of benzene rings is 2. The fraction of sp³-hybridized carbons (Fsp3) is 0.400. The number of hydrogen-bond acceptors (Lipinski definition) is 3. The van der Waals surface area contributed by atoms with Crippen molar-refractivity contribution in [3.8, 4) is 5.75 Å². The van der Waals surface area contributed by atoms with E-state index < -0.39 is 0 Å². The molecule has 0 saturated heterocycles. The SMILES string of the molecule is CCCOc1ccc(CCN2CCc3ccccc3C2)cc1N. The smallest absolute Gasteiger partial charge is 0.142 e. The van der Waals surface area contributed by atoms with Crippen molar-refractivity contribution in [2.45, 2.75) is 32.7 Å². The summed E-state index contributed by atoms with van der Waals surface area (Å²) in [6.07, 6.45) is 3.18. The third kappa shape index (κ3) is 4.05. The lowest BCUT2D eigenvalue weighted by atomic mass is 9.99. The third-order valence-electron chi connectivity index (χ3n) is 4.46. The summed E-state index contributed by atoms with van der Waals surface area (Å²) in [5.41, 5.74) is 11.1. The topological polar surface area (TPSA) is 38.5 Å². The van der Waals surface area contributed by atoms with Gasteiger partial charge in [0.25, 0.3) is 0 Å². The first-order valence-corrected chi connectivity index (χ1v) is 8.56. The van der Waals surface area contributed by atoms with E-state index in [9.17, 15) is 0 Å². The molecule has 0 aromatic heterocycles. The van der Waals surface area contributed by atoms with Gasteiger partial charge < -0.3 is 10.5 Å². The second-order valence-electron chi connectivity index (χ2n) is 6.27. The molecule has 1 aliphatic rings. The fourth-order valence-corrected chi connectivity index (χ4v) is 3.13. The molecule has 0 saturated carbocycles. The summed E-state index contributed by atoms with van der Waals surface area (Å²) in [6.45, 7) is 6.09. The summed E-state index contributed by atoms with van der Waals surface area (Å²) in [4.78, 5) is 2.53. The fourth-order valence-electron chi connectivity index (χ4n) is 3.13. The summed E-state index contributed by atoms with van der Waals surface area (Å²) in [5, 5.41) is 0. The number of anilines is 1. The summed E-state index contributed by atoms with van der Waals surface area (Å²) in [5.74, 6) is 0.808. The Labute approximate surface area is 139 Å². The van der Waals surface area contributed by atoms with Crippen LogP contribution >= 0.6 is 0 Å². The molecule has 0 bridgehead atoms. The van der Waals surface area contributed by atoms with Crippen molar-refractivity contribution in [1.82, 2.24) is 4.90 Å². The Morgan fingerprint density at radius 2 is 1.96 bits per heavy atom. The highest BCUT2D eigenvalue weighted by molar-refractivity contribution is 5.54. The molecule has 2 aromatic rings. The van der Waals surface area contributed by atoms with Crippen molar-refractivity contribution in [2.24, 2.45) is 0 Å². The Morgan fingerprint density at radius 3 is 2.74 bits per heavy atom. The van der Waals surface area contributed by atoms with Gasteiger partial charge in [-0.05, 0) is 48.1 Å². The molecule has 0 radical (unpaired) electrons. The van der Waals surface area contributed by atoms with Gasteiger partial charge in [0.05, 0.1) is 12.3 Å². The Hall–Kier alpha value is -2.00. The molecule has 1 aliphatic heterocycles. The van der Waals surface area contributed by atoms with E-state index in [1.54, 1.807) is 0 Å². The number of nitrogens with two attached hydrogens (primary N) is 1. The first-order chi connectivity index (χ1) is 11.3. The maximum absolute atomic E-state index is 6.10. The normalized spacial score (nSPS) is 14.5. The first-order valence-electron chi connectivity index (χ1n) is 8.56. The summed E-state index contributed by atoms with van der Waals surface area (Å²) < 4.78 is 5.64. The van der Waals surface area contributed by atoms with Gasteiger partial charge in [0.15, 0.2) is 0 Å². The zero-order valence-electron chi connectivity index (χ0n) is 13.9. The maximum Gasteiger partial charge on any atom is 0.142 e. The standard InChI is InChI=1S/C20H26N2O/c1-2-13-23-20-8-7-16(14-19(20)21)9-11-22-12-10-17-5-3-4-6-18(17)15-22/h3-8,14H,2,9-13,15,21H2,1H3. The lowest BCUT2D eigenvalue weighted by molar-refractivity contribution is 0.257. The van der Waals surface area contributed by atoms with Gasteiger partial charge in [0, 0.05) is 19.6 Å². The third-order valence-corrected chi connectivity index (χ3v) is 4.46. The van der Waals surface area contributed by atoms with Gasteiger partial charge in [-0.2, -0.15) is 0 Å². The molecule has 0 unspecified atom stereocenters. The molecule has 0 spiro atoms. The van der Waals surface area contributed by atoms with Crippen LogP contribution < -0.4 is 10.5 Å². The second kappa shape index (κ2) is 7.51. The van der Waals surface area contributed by atoms with E-state index in [1.807, 2.05) is 6.07 Å². The molecule has 0 amide bonds. The van der Waals surface area contributed by atoms with Crippen molar-refractivity contribution in [2.75, 3.05) is 25.4 Å². The van der Waals surface area contributed by atoms with Gasteiger partial charge in [0.2, 0.25) is 0 Å². The highest BCUT2D eigenvalue weighted by Crippen LogP contribution is 2.24. The number of ether oxygens (including phenoxy) is 1. The first kappa shape index (κ1) is 15.9. The van der Waals surface area contributed by atoms with Crippen LogP contribution in [0.3, 0.4) is 0 Å². The van der Waals surface area contributed by atoms with Gasteiger partial charge in [-0.3, -0.25) is 4.90 Å². The molecule has 122 valence electrons. The molecule has 0 atom stereocenters. The van der Waals surface area contributed by atoms with E-state index in [-0.39, 0.29) is 0 Å². The quantitative estimate of drug-likeness (QED) is 0.828. The van der Waals surface area contributed by atoms with Gasteiger partial charge in [0.1, 0.15) is 5.75 Å². The Balaban J connectivity index is 1.56. The monoisotopic (exact) mass is 310 g/mol. The zero-order valence-corrected chi connectivity index (χ0v) is 13.9. The van der Waals surface area contributed by atoms with Crippen LogP contribution in [0, 0.1) is 0 Å². The van der Waals surface area contributed by atoms with E-state index in [4.69, 9.17) is 10.5 Å². The molecular formula is C20H26N2O. The average Bonchev–Trinajstić information content (AvgIpc) is 2.59. The Bertz CT molecular complexity index is 654. The van der Waals surface area contributed by atoms with Crippen molar-refractivity contribution < 1.29 is 4.74 Å². The minimum atomic E-state index is 0.719. The second-order valence-corrected chi connectivity index (χ2v) is 6.27. The Kier molecular flexibility index (Phi) is 5.19. The van der Waals surface area contributed by atoms with Crippen molar-refractivity contribution in [3.05, 3.63) is 59.2 Å². The lowest BCUT2D eigenvalue weighted by Crippen LogP contribution is -2.32. The highest BCUT2D eigenvalue weighted by atomic mass is 16.5. The number of fused-ring (bicyclic) bond motifs is 1. The van der Waals surface area contributed by atoms with Crippen molar-refractivity contribution in [1.29, 1.82) is 0 Å². The molecular weight excluding hydrogens is 284 g/mol. The van der Waals surface area contributed by atoms with Crippen LogP contribution in [0.25, 0.3) is 0 Å². The lowest BCUT2D eigenvalue weighted by Gasteiger charge is -2.28. The number of hydrogen-bond donors (Lipinski definition) is 1. The van der Waals surface area contributed by atoms with E-state index in [2.05, 4.69) is 48.2 Å². The van der Waals surface area contributed by atoms with Crippen LogP contribution in [0.2, 0.25) is 0 Å². The molecule has 23 heavy (non-hydrogen) atoms. The zero-order chi connectivity index (χ0) is 16.1.